The van der Waals surface area contributed by atoms with Gasteiger partial charge < -0.3 is 5.32 Å². The first-order valence-corrected chi connectivity index (χ1v) is 6.06. The van der Waals surface area contributed by atoms with Crippen LogP contribution in [0.4, 0.5) is 10.2 Å². The summed E-state index contributed by atoms with van der Waals surface area (Å²) in [6, 6.07) is 4.62. The molecule has 0 amide bonds. The molecule has 6 heteroatoms. The molecule has 0 saturated heterocycles. The number of hydrogen-bond acceptors (Lipinski definition) is 3. The van der Waals surface area contributed by atoms with E-state index in [-0.39, 0.29) is 5.82 Å². The van der Waals surface area contributed by atoms with Crippen LogP contribution >= 0.6 is 15.9 Å². The molecule has 2 rings (SSSR count). The highest BCUT2D eigenvalue weighted by Crippen LogP contribution is 2.19. The summed E-state index contributed by atoms with van der Waals surface area (Å²) >= 11 is 3.39. The maximum Gasteiger partial charge on any atom is 0.145 e. The van der Waals surface area contributed by atoms with E-state index in [1.54, 1.807) is 16.9 Å². The number of aromatic nitrogens is 3. The van der Waals surface area contributed by atoms with Gasteiger partial charge in [-0.15, -0.1) is 5.10 Å². The van der Waals surface area contributed by atoms with Crippen LogP contribution in [-0.2, 0) is 13.1 Å². The Labute approximate surface area is 107 Å². The van der Waals surface area contributed by atoms with Crippen molar-refractivity contribution in [1.82, 2.24) is 15.0 Å². The summed E-state index contributed by atoms with van der Waals surface area (Å²) in [5.74, 6) is 0.579. The Kier molecular flexibility index (Phi) is 3.73. The third-order valence-electron chi connectivity index (χ3n) is 2.38. The maximum atomic E-state index is 13.1. The van der Waals surface area contributed by atoms with Crippen molar-refractivity contribution in [2.75, 3.05) is 5.32 Å². The van der Waals surface area contributed by atoms with Crippen molar-refractivity contribution in [2.24, 2.45) is 0 Å². The minimum absolute atomic E-state index is 0.243. The van der Waals surface area contributed by atoms with E-state index in [4.69, 9.17) is 0 Å². The highest BCUT2D eigenvalue weighted by molar-refractivity contribution is 9.10. The molecule has 0 atom stereocenters. The summed E-state index contributed by atoms with van der Waals surface area (Å²) in [7, 11) is 0. The van der Waals surface area contributed by atoms with Crippen molar-refractivity contribution >= 4 is 21.7 Å². The maximum absolute atomic E-state index is 13.1. The van der Waals surface area contributed by atoms with Gasteiger partial charge in [0.1, 0.15) is 11.6 Å². The summed E-state index contributed by atoms with van der Waals surface area (Å²) in [4.78, 5) is 0. The van der Waals surface area contributed by atoms with Crippen LogP contribution < -0.4 is 5.32 Å². The van der Waals surface area contributed by atoms with Gasteiger partial charge in [0.2, 0.25) is 0 Å². The highest BCUT2D eigenvalue weighted by Gasteiger charge is 2.04. The fraction of sp³-hybridized carbons (Fsp3) is 0.273. The molecule has 2 aromatic rings. The van der Waals surface area contributed by atoms with Crippen LogP contribution in [0.15, 0.2) is 28.9 Å². The van der Waals surface area contributed by atoms with Crippen LogP contribution in [0.2, 0.25) is 0 Å². The van der Waals surface area contributed by atoms with Crippen LogP contribution in [0.3, 0.4) is 0 Å². The zero-order valence-electron chi connectivity index (χ0n) is 9.32. The molecule has 17 heavy (non-hydrogen) atoms. The van der Waals surface area contributed by atoms with Gasteiger partial charge in [-0.25, -0.2) is 9.07 Å². The van der Waals surface area contributed by atoms with Gasteiger partial charge in [-0.05, 0) is 30.7 Å². The largest absolute Gasteiger partial charge is 0.365 e. The van der Waals surface area contributed by atoms with Gasteiger partial charge in [-0.1, -0.05) is 21.1 Å². The van der Waals surface area contributed by atoms with E-state index in [9.17, 15) is 4.39 Å². The van der Waals surface area contributed by atoms with Crippen molar-refractivity contribution in [3.63, 3.8) is 0 Å². The van der Waals surface area contributed by atoms with Gasteiger partial charge in [0.15, 0.2) is 0 Å². The molecular weight excluding hydrogens is 287 g/mol. The van der Waals surface area contributed by atoms with Gasteiger partial charge in [-0.3, -0.25) is 0 Å². The van der Waals surface area contributed by atoms with Crippen molar-refractivity contribution in [1.29, 1.82) is 0 Å². The van der Waals surface area contributed by atoms with Gasteiger partial charge in [0.05, 0.1) is 6.20 Å². The van der Waals surface area contributed by atoms with E-state index in [2.05, 4.69) is 31.6 Å². The predicted octanol–water partition coefficient (Wildman–Crippen LogP) is 2.81. The first-order valence-electron chi connectivity index (χ1n) is 5.27. The smallest absolute Gasteiger partial charge is 0.145 e. The minimum atomic E-state index is -0.243. The lowest BCUT2D eigenvalue weighted by Gasteiger charge is -2.08. The van der Waals surface area contributed by atoms with Crippen LogP contribution in [0.25, 0.3) is 0 Å². The Morgan fingerprint density at radius 2 is 2.29 bits per heavy atom. The Morgan fingerprint density at radius 1 is 1.47 bits per heavy atom. The quantitative estimate of drug-likeness (QED) is 0.944. The van der Waals surface area contributed by atoms with E-state index >= 15 is 0 Å². The van der Waals surface area contributed by atoms with E-state index < -0.39 is 0 Å². The van der Waals surface area contributed by atoms with Gasteiger partial charge >= 0.3 is 0 Å². The lowest BCUT2D eigenvalue weighted by atomic mass is 10.2. The predicted molar refractivity (Wildman–Crippen MR) is 67.1 cm³/mol. The molecule has 0 fully saturated rings. The van der Waals surface area contributed by atoms with Gasteiger partial charge in [0, 0.05) is 17.6 Å². The molecule has 0 aliphatic heterocycles. The fourth-order valence-corrected chi connectivity index (χ4v) is 1.88. The Hall–Kier alpha value is -1.43. The van der Waals surface area contributed by atoms with Crippen LogP contribution in [0.5, 0.6) is 0 Å². The fourth-order valence-electron chi connectivity index (χ4n) is 1.49. The molecule has 1 N–H and O–H groups in total. The second kappa shape index (κ2) is 5.27. The van der Waals surface area contributed by atoms with Crippen molar-refractivity contribution in [2.45, 2.75) is 20.0 Å². The molecule has 4 nitrogen and oxygen atoms in total. The zero-order valence-corrected chi connectivity index (χ0v) is 10.9. The molecule has 0 radical (unpaired) electrons. The Balaban J connectivity index is 2.09. The van der Waals surface area contributed by atoms with E-state index in [1.807, 2.05) is 6.92 Å². The first-order chi connectivity index (χ1) is 8.20. The standard InChI is InChI=1S/C11H12BrFN4/c1-2-17-11(7-15-16-17)14-6-8-5-9(13)3-4-10(8)12/h3-5,7,14H,2,6H2,1H3. The summed E-state index contributed by atoms with van der Waals surface area (Å²) in [5, 5.41) is 10.9. The molecule has 0 aliphatic rings. The first kappa shape index (κ1) is 12.0. The molecule has 1 heterocycles. The summed E-state index contributed by atoms with van der Waals surface area (Å²) in [6.07, 6.45) is 1.65. The van der Waals surface area contributed by atoms with Crippen LogP contribution in [0, 0.1) is 5.82 Å². The molecule has 0 saturated carbocycles. The SMILES string of the molecule is CCn1nncc1NCc1cc(F)ccc1Br. The number of hydrogen-bond donors (Lipinski definition) is 1. The summed E-state index contributed by atoms with van der Waals surface area (Å²) < 4.78 is 15.7. The topological polar surface area (TPSA) is 42.7 Å². The molecule has 0 bridgehead atoms. The highest BCUT2D eigenvalue weighted by atomic mass is 79.9. The van der Waals surface area contributed by atoms with Crippen molar-refractivity contribution < 1.29 is 4.39 Å². The number of anilines is 1. The average Bonchev–Trinajstić information content (AvgIpc) is 2.77. The molecule has 90 valence electrons. The van der Waals surface area contributed by atoms with Crippen molar-refractivity contribution in [3.05, 3.63) is 40.2 Å². The molecule has 0 spiro atoms. The second-order valence-corrected chi connectivity index (χ2v) is 4.38. The van der Waals surface area contributed by atoms with Crippen molar-refractivity contribution in [3.8, 4) is 0 Å². The van der Waals surface area contributed by atoms with E-state index in [0.29, 0.717) is 6.54 Å². The number of nitrogens with one attached hydrogen (secondary N) is 1. The Morgan fingerprint density at radius 3 is 3.06 bits per heavy atom. The number of rotatable bonds is 4. The normalized spacial score (nSPS) is 10.5. The lowest BCUT2D eigenvalue weighted by molar-refractivity contribution is 0.623. The summed E-state index contributed by atoms with van der Waals surface area (Å²) in [5.41, 5.74) is 0.855. The third-order valence-corrected chi connectivity index (χ3v) is 3.16. The molecule has 1 aromatic carbocycles. The number of benzene rings is 1. The number of halogens is 2. The molecule has 0 aliphatic carbocycles. The third kappa shape index (κ3) is 2.82. The van der Waals surface area contributed by atoms with E-state index in [1.165, 1.54) is 12.1 Å². The van der Waals surface area contributed by atoms with Gasteiger partial charge in [-0.2, -0.15) is 0 Å². The van der Waals surface area contributed by atoms with Crippen LogP contribution in [0.1, 0.15) is 12.5 Å². The van der Waals surface area contributed by atoms with Crippen LogP contribution in [-0.4, -0.2) is 15.0 Å². The number of nitrogens with zero attached hydrogens (tertiary/aromatic N) is 3. The lowest BCUT2D eigenvalue weighted by Crippen LogP contribution is -2.07. The Bertz CT molecular complexity index is 512. The summed E-state index contributed by atoms with van der Waals surface area (Å²) in [6.45, 7) is 3.25. The average molecular weight is 299 g/mol. The monoisotopic (exact) mass is 298 g/mol. The second-order valence-electron chi connectivity index (χ2n) is 3.52. The molecule has 0 unspecified atom stereocenters. The number of aryl methyl sites for hydroxylation is 1. The molecular formula is C11H12BrFN4. The minimum Gasteiger partial charge on any atom is -0.365 e. The zero-order chi connectivity index (χ0) is 12.3. The molecule has 1 aromatic heterocycles. The van der Waals surface area contributed by atoms with E-state index in [0.717, 1.165) is 22.4 Å². The van der Waals surface area contributed by atoms with Gasteiger partial charge in [0.25, 0.3) is 0 Å².